The molecule has 2 heterocycles. The molecule has 1 saturated heterocycles. The molecule has 260 valence electrons. The summed E-state index contributed by atoms with van der Waals surface area (Å²) in [6.45, 7) is 16.7. The molecule has 1 aromatic heterocycles. The minimum Gasteiger partial charge on any atom is -0.399 e. The van der Waals surface area contributed by atoms with Crippen molar-refractivity contribution in [1.82, 2.24) is 9.88 Å². The quantitative estimate of drug-likeness (QED) is 0.172. The third-order valence-corrected chi connectivity index (χ3v) is 9.24. The maximum Gasteiger partial charge on any atom is 0.494 e. The van der Waals surface area contributed by atoms with Gasteiger partial charge < -0.3 is 19.9 Å². The van der Waals surface area contributed by atoms with E-state index in [1.54, 1.807) is 24.0 Å². The van der Waals surface area contributed by atoms with E-state index in [1.165, 1.54) is 6.07 Å². The Hall–Kier alpha value is -3.55. The molecule has 1 fully saturated rings. The number of benzene rings is 2. The van der Waals surface area contributed by atoms with E-state index in [-0.39, 0.29) is 42.1 Å². The lowest BCUT2D eigenvalue weighted by atomic mass is 9.79. The number of anilines is 1. The van der Waals surface area contributed by atoms with E-state index in [4.69, 9.17) is 15.0 Å². The molecule has 13 heteroatoms. The molecule has 1 amide bonds. The maximum absolute atomic E-state index is 14.6. The predicted octanol–water partition coefficient (Wildman–Crippen LogP) is 7.16. The Morgan fingerprint density at radius 1 is 0.875 bits per heavy atom. The van der Waals surface area contributed by atoms with Crippen molar-refractivity contribution in [2.75, 3.05) is 4.90 Å². The van der Waals surface area contributed by atoms with Gasteiger partial charge in [-0.05, 0) is 96.6 Å². The van der Waals surface area contributed by atoms with Crippen molar-refractivity contribution < 1.29 is 36.1 Å². The zero-order valence-electron chi connectivity index (χ0n) is 28.9. The number of halogens is 5. The Bertz CT molecular complexity index is 1610. The number of nitrogens with two attached hydrogens (primary N) is 1. The molecule has 1 aliphatic heterocycles. The van der Waals surface area contributed by atoms with Crippen molar-refractivity contribution in [3.63, 3.8) is 0 Å². The van der Waals surface area contributed by atoms with Gasteiger partial charge in [0, 0.05) is 37.4 Å². The van der Waals surface area contributed by atoms with Gasteiger partial charge in [0.15, 0.2) is 11.6 Å². The molecule has 0 saturated carbocycles. The summed E-state index contributed by atoms with van der Waals surface area (Å²) in [4.78, 5) is 20.8. The number of carbonyl (C=O) groups is 1. The summed E-state index contributed by atoms with van der Waals surface area (Å²) in [5, 5.41) is 0. The van der Waals surface area contributed by atoms with Gasteiger partial charge in [-0.15, -0.1) is 0 Å². The molecule has 48 heavy (non-hydrogen) atoms. The number of carbonyl (C=O) groups excluding carboxylic acids is 1. The Balaban J connectivity index is 1.86. The van der Waals surface area contributed by atoms with Crippen LogP contribution in [0.3, 0.4) is 0 Å². The van der Waals surface area contributed by atoms with Crippen LogP contribution in [0.15, 0.2) is 48.7 Å². The second-order valence-electron chi connectivity index (χ2n) is 13.9. The van der Waals surface area contributed by atoms with Crippen LogP contribution in [0.2, 0.25) is 0 Å². The molecule has 2 N–H and O–H groups in total. The summed E-state index contributed by atoms with van der Waals surface area (Å²) in [5.74, 6) is -3.34. The van der Waals surface area contributed by atoms with Crippen molar-refractivity contribution in [1.29, 1.82) is 0 Å². The van der Waals surface area contributed by atoms with Gasteiger partial charge in [0.05, 0.1) is 22.3 Å². The molecule has 1 unspecified atom stereocenters. The van der Waals surface area contributed by atoms with Crippen LogP contribution in [0.5, 0.6) is 0 Å². The first kappa shape index (κ1) is 37.3. The van der Waals surface area contributed by atoms with E-state index < -0.39 is 53.6 Å². The predicted molar refractivity (Wildman–Crippen MR) is 177 cm³/mol. The molecule has 1 atom stereocenters. The number of pyridine rings is 1. The van der Waals surface area contributed by atoms with Crippen LogP contribution in [0.1, 0.15) is 101 Å². The monoisotopic (exact) mass is 674 g/mol. The molecule has 2 aromatic carbocycles. The van der Waals surface area contributed by atoms with Crippen LogP contribution in [-0.4, -0.2) is 46.2 Å². The third-order valence-electron chi connectivity index (χ3n) is 9.24. The number of primary amides is 1. The SMILES string of the molecule is CC(C)N(C(C)C)C(C)c1c(C(F)(F)F)cnc(N(Cc2ccc(B3OC(C)(C)C(C)(C)O3)cc2)Cc2ccc(F)c(F)c2)c1C(N)=O. The number of amides is 1. The highest BCUT2D eigenvalue weighted by Crippen LogP contribution is 2.42. The van der Waals surface area contributed by atoms with Crippen molar-refractivity contribution in [2.24, 2.45) is 5.73 Å². The fourth-order valence-corrected chi connectivity index (χ4v) is 6.34. The molecular formula is C35H44BF5N4O3. The Morgan fingerprint density at radius 2 is 1.40 bits per heavy atom. The summed E-state index contributed by atoms with van der Waals surface area (Å²) >= 11 is 0. The second-order valence-corrected chi connectivity index (χ2v) is 13.9. The zero-order valence-corrected chi connectivity index (χ0v) is 28.9. The Morgan fingerprint density at radius 3 is 1.88 bits per heavy atom. The average Bonchev–Trinajstić information content (AvgIpc) is 3.19. The molecule has 7 nitrogen and oxygen atoms in total. The Kier molecular flexibility index (Phi) is 10.7. The molecular weight excluding hydrogens is 630 g/mol. The van der Waals surface area contributed by atoms with Gasteiger partial charge in [-0.25, -0.2) is 13.8 Å². The minimum absolute atomic E-state index is 0.0349. The summed E-state index contributed by atoms with van der Waals surface area (Å²) < 4.78 is 84.2. The molecule has 0 spiro atoms. The molecule has 1 aliphatic rings. The summed E-state index contributed by atoms with van der Waals surface area (Å²) in [5.41, 5.74) is 4.79. The molecule has 0 bridgehead atoms. The van der Waals surface area contributed by atoms with Crippen molar-refractivity contribution >= 4 is 24.3 Å². The van der Waals surface area contributed by atoms with Gasteiger partial charge in [0.1, 0.15) is 5.82 Å². The van der Waals surface area contributed by atoms with E-state index in [0.29, 0.717) is 17.3 Å². The number of rotatable bonds is 11. The lowest BCUT2D eigenvalue weighted by molar-refractivity contribution is -0.139. The first-order chi connectivity index (χ1) is 22.1. The maximum atomic E-state index is 14.6. The lowest BCUT2D eigenvalue weighted by Crippen LogP contribution is -2.41. The van der Waals surface area contributed by atoms with Crippen LogP contribution in [0.25, 0.3) is 0 Å². The molecule has 0 aliphatic carbocycles. The topological polar surface area (TPSA) is 80.9 Å². The third kappa shape index (κ3) is 7.68. The van der Waals surface area contributed by atoms with E-state index in [2.05, 4.69) is 4.98 Å². The van der Waals surface area contributed by atoms with E-state index in [1.807, 2.05) is 72.4 Å². The average molecular weight is 675 g/mol. The van der Waals surface area contributed by atoms with Crippen molar-refractivity contribution in [2.45, 2.75) is 111 Å². The zero-order chi connectivity index (χ0) is 35.9. The summed E-state index contributed by atoms with van der Waals surface area (Å²) in [6.07, 6.45) is -4.13. The minimum atomic E-state index is -4.84. The summed E-state index contributed by atoms with van der Waals surface area (Å²) in [7, 11) is -0.616. The Labute approximate surface area is 279 Å². The number of hydrogen-bond acceptors (Lipinski definition) is 6. The highest BCUT2D eigenvalue weighted by atomic mass is 19.4. The molecule has 4 rings (SSSR count). The van der Waals surface area contributed by atoms with Gasteiger partial charge in [-0.1, -0.05) is 30.3 Å². The van der Waals surface area contributed by atoms with Crippen LogP contribution in [-0.2, 0) is 28.6 Å². The first-order valence-corrected chi connectivity index (χ1v) is 15.9. The van der Waals surface area contributed by atoms with E-state index >= 15 is 0 Å². The fourth-order valence-electron chi connectivity index (χ4n) is 6.34. The van der Waals surface area contributed by atoms with Gasteiger partial charge >= 0.3 is 13.3 Å². The number of alkyl halides is 3. The number of nitrogens with zero attached hydrogens (tertiary/aromatic N) is 3. The highest BCUT2D eigenvalue weighted by Gasteiger charge is 2.51. The van der Waals surface area contributed by atoms with E-state index in [0.717, 1.165) is 17.6 Å². The van der Waals surface area contributed by atoms with Gasteiger partial charge in [0.25, 0.3) is 5.91 Å². The largest absolute Gasteiger partial charge is 0.494 e. The van der Waals surface area contributed by atoms with E-state index in [9.17, 15) is 26.7 Å². The lowest BCUT2D eigenvalue weighted by Gasteiger charge is -2.38. The number of hydrogen-bond donors (Lipinski definition) is 1. The van der Waals surface area contributed by atoms with Crippen LogP contribution < -0.4 is 16.1 Å². The first-order valence-electron chi connectivity index (χ1n) is 15.9. The standard InChI is InChI=1S/C35H44BF5N4O3/c1-20(2)45(21(3)4)22(5)29-26(35(39,40)41)17-43-32(30(29)31(42)46)44(19-24-12-15-27(37)28(38)16-24)18-23-10-13-25(14-11-23)36-47-33(6,7)34(8,9)48-36/h10-17,20-22H,18-19H2,1-9H3,(H2,42,46). The fraction of sp³-hybridized carbons (Fsp3) is 0.486. The van der Waals surface area contributed by atoms with Gasteiger partial charge in [0.2, 0.25) is 0 Å². The van der Waals surface area contributed by atoms with Crippen LogP contribution in [0, 0.1) is 11.6 Å². The van der Waals surface area contributed by atoms with Crippen LogP contribution in [0.4, 0.5) is 27.8 Å². The smallest absolute Gasteiger partial charge is 0.399 e. The van der Waals surface area contributed by atoms with Crippen molar-refractivity contribution in [3.8, 4) is 0 Å². The molecule has 3 aromatic rings. The second kappa shape index (κ2) is 13.8. The van der Waals surface area contributed by atoms with Gasteiger partial charge in [-0.3, -0.25) is 9.69 Å². The molecule has 0 radical (unpaired) electrons. The van der Waals surface area contributed by atoms with Crippen molar-refractivity contribution in [3.05, 3.63) is 88.1 Å². The number of aromatic nitrogens is 1. The highest BCUT2D eigenvalue weighted by molar-refractivity contribution is 6.62. The van der Waals surface area contributed by atoms with Gasteiger partial charge in [-0.2, -0.15) is 13.2 Å². The summed E-state index contributed by atoms with van der Waals surface area (Å²) in [6, 6.07) is 9.31. The van der Waals surface area contributed by atoms with Crippen LogP contribution >= 0.6 is 0 Å². The normalized spacial score (nSPS) is 16.6.